The lowest BCUT2D eigenvalue weighted by molar-refractivity contribution is 0.0694. The Bertz CT molecular complexity index is 590. The number of hydrogen-bond acceptors (Lipinski definition) is 2. The van der Waals surface area contributed by atoms with Crippen LogP contribution in [0.25, 0.3) is 0 Å². The largest absolute Gasteiger partial charge is 0.477 e. The molecule has 3 atom stereocenters. The summed E-state index contributed by atoms with van der Waals surface area (Å²) in [4.78, 5) is 26.1. The van der Waals surface area contributed by atoms with Crippen molar-refractivity contribution in [2.75, 3.05) is 0 Å². The SMILES string of the molecule is CCCC1CC(c2[nH]c(=O)c(C(=O)O)cc2CC)CCC1C. The maximum absolute atomic E-state index is 12.0. The summed E-state index contributed by atoms with van der Waals surface area (Å²) >= 11 is 0. The summed E-state index contributed by atoms with van der Waals surface area (Å²) in [6, 6.07) is 1.57. The first-order valence-electron chi connectivity index (χ1n) is 8.47. The first-order chi connectivity index (χ1) is 10.5. The molecule has 1 aromatic rings. The van der Waals surface area contributed by atoms with E-state index in [0.29, 0.717) is 11.8 Å². The lowest BCUT2D eigenvalue weighted by Crippen LogP contribution is -2.26. The molecule has 1 aliphatic rings. The molecule has 4 heteroatoms. The lowest BCUT2D eigenvalue weighted by Gasteiger charge is -2.35. The van der Waals surface area contributed by atoms with Gasteiger partial charge in [-0.1, -0.05) is 33.6 Å². The Morgan fingerprint density at radius 3 is 2.68 bits per heavy atom. The molecule has 1 fully saturated rings. The van der Waals surface area contributed by atoms with Gasteiger partial charge in [0.2, 0.25) is 0 Å². The number of carboxylic acid groups (broad SMARTS) is 1. The van der Waals surface area contributed by atoms with Gasteiger partial charge in [-0.3, -0.25) is 4.79 Å². The van der Waals surface area contributed by atoms with Gasteiger partial charge >= 0.3 is 5.97 Å². The van der Waals surface area contributed by atoms with Crippen LogP contribution in [-0.4, -0.2) is 16.1 Å². The third kappa shape index (κ3) is 3.42. The second kappa shape index (κ2) is 7.12. The van der Waals surface area contributed by atoms with Gasteiger partial charge in [0, 0.05) is 5.69 Å². The van der Waals surface area contributed by atoms with Crippen molar-refractivity contribution in [3.8, 4) is 0 Å². The summed E-state index contributed by atoms with van der Waals surface area (Å²) in [5.74, 6) is 0.657. The molecule has 3 unspecified atom stereocenters. The van der Waals surface area contributed by atoms with E-state index in [0.717, 1.165) is 36.4 Å². The van der Waals surface area contributed by atoms with Crippen LogP contribution in [0.2, 0.25) is 0 Å². The highest BCUT2D eigenvalue weighted by Crippen LogP contribution is 2.41. The maximum atomic E-state index is 12.0. The average molecular weight is 305 g/mol. The van der Waals surface area contributed by atoms with E-state index in [2.05, 4.69) is 18.8 Å². The van der Waals surface area contributed by atoms with E-state index in [9.17, 15) is 9.59 Å². The number of aryl methyl sites for hydroxylation is 1. The van der Waals surface area contributed by atoms with Gasteiger partial charge in [-0.2, -0.15) is 0 Å². The van der Waals surface area contributed by atoms with Crippen LogP contribution in [-0.2, 0) is 6.42 Å². The Kier molecular flexibility index (Phi) is 5.43. The van der Waals surface area contributed by atoms with Crippen LogP contribution in [0.1, 0.15) is 80.4 Å². The first kappa shape index (κ1) is 16.8. The van der Waals surface area contributed by atoms with Crippen molar-refractivity contribution in [1.82, 2.24) is 4.98 Å². The van der Waals surface area contributed by atoms with E-state index in [1.54, 1.807) is 6.07 Å². The molecule has 2 N–H and O–H groups in total. The normalized spacial score (nSPS) is 25.1. The predicted molar refractivity (Wildman–Crippen MR) is 87.6 cm³/mol. The van der Waals surface area contributed by atoms with E-state index in [1.807, 2.05) is 6.92 Å². The van der Waals surface area contributed by atoms with Crippen LogP contribution in [0, 0.1) is 11.8 Å². The lowest BCUT2D eigenvalue weighted by atomic mass is 9.71. The number of carboxylic acids is 1. The van der Waals surface area contributed by atoms with Crippen LogP contribution in [0.3, 0.4) is 0 Å². The fraction of sp³-hybridized carbons (Fsp3) is 0.667. The second-order valence-electron chi connectivity index (χ2n) is 6.65. The summed E-state index contributed by atoms with van der Waals surface area (Å²) in [5.41, 5.74) is 1.34. The minimum Gasteiger partial charge on any atom is -0.477 e. The number of carbonyl (C=O) groups is 1. The van der Waals surface area contributed by atoms with Crippen LogP contribution in [0.4, 0.5) is 0 Å². The molecule has 1 aromatic heterocycles. The van der Waals surface area contributed by atoms with Crippen molar-refractivity contribution in [2.24, 2.45) is 11.8 Å². The van der Waals surface area contributed by atoms with Gasteiger partial charge in [0.15, 0.2) is 0 Å². The summed E-state index contributed by atoms with van der Waals surface area (Å²) < 4.78 is 0. The first-order valence-corrected chi connectivity index (χ1v) is 8.47. The Morgan fingerprint density at radius 1 is 1.36 bits per heavy atom. The summed E-state index contributed by atoms with van der Waals surface area (Å²) in [6.07, 6.45) is 6.53. The minimum absolute atomic E-state index is 0.144. The van der Waals surface area contributed by atoms with E-state index >= 15 is 0 Å². The van der Waals surface area contributed by atoms with Crippen molar-refractivity contribution in [1.29, 1.82) is 0 Å². The van der Waals surface area contributed by atoms with Gasteiger partial charge in [0.05, 0.1) is 0 Å². The van der Waals surface area contributed by atoms with Crippen LogP contribution in [0.5, 0.6) is 0 Å². The van der Waals surface area contributed by atoms with Crippen LogP contribution >= 0.6 is 0 Å². The number of pyridine rings is 1. The van der Waals surface area contributed by atoms with Gasteiger partial charge in [-0.15, -0.1) is 0 Å². The third-order valence-electron chi connectivity index (χ3n) is 5.20. The number of hydrogen-bond donors (Lipinski definition) is 2. The zero-order valence-corrected chi connectivity index (χ0v) is 13.8. The molecule has 0 aliphatic heterocycles. The Balaban J connectivity index is 2.33. The number of aromatic amines is 1. The Hall–Kier alpha value is -1.58. The molecule has 1 heterocycles. The van der Waals surface area contributed by atoms with Crippen LogP contribution < -0.4 is 5.56 Å². The van der Waals surface area contributed by atoms with Gasteiger partial charge in [-0.05, 0) is 55.1 Å². The monoisotopic (exact) mass is 305 g/mol. The molecule has 1 aliphatic carbocycles. The minimum atomic E-state index is -1.15. The van der Waals surface area contributed by atoms with Crippen molar-refractivity contribution < 1.29 is 9.90 Å². The number of aromatic nitrogens is 1. The summed E-state index contributed by atoms with van der Waals surface area (Å²) in [7, 11) is 0. The Labute approximate surface area is 132 Å². The third-order valence-corrected chi connectivity index (χ3v) is 5.20. The fourth-order valence-corrected chi connectivity index (χ4v) is 3.85. The smallest absolute Gasteiger partial charge is 0.341 e. The highest BCUT2D eigenvalue weighted by molar-refractivity contribution is 5.87. The van der Waals surface area contributed by atoms with Crippen molar-refractivity contribution in [2.45, 2.75) is 65.2 Å². The highest BCUT2D eigenvalue weighted by Gasteiger charge is 2.30. The summed E-state index contributed by atoms with van der Waals surface area (Å²) in [5, 5.41) is 9.11. The molecule has 0 saturated heterocycles. The average Bonchev–Trinajstić information content (AvgIpc) is 2.49. The maximum Gasteiger partial charge on any atom is 0.341 e. The molecule has 0 amide bonds. The van der Waals surface area contributed by atoms with E-state index in [1.165, 1.54) is 19.3 Å². The van der Waals surface area contributed by atoms with Crippen molar-refractivity contribution >= 4 is 5.97 Å². The number of aromatic carboxylic acids is 1. The topological polar surface area (TPSA) is 70.2 Å². The molecule has 0 radical (unpaired) electrons. The van der Waals surface area contributed by atoms with Gasteiger partial charge in [0.25, 0.3) is 5.56 Å². The van der Waals surface area contributed by atoms with Gasteiger partial charge in [-0.25, -0.2) is 4.79 Å². The molecule has 22 heavy (non-hydrogen) atoms. The molecule has 2 rings (SSSR count). The van der Waals surface area contributed by atoms with E-state index in [-0.39, 0.29) is 5.56 Å². The highest BCUT2D eigenvalue weighted by atomic mass is 16.4. The molecular weight excluding hydrogens is 278 g/mol. The zero-order chi connectivity index (χ0) is 16.3. The molecule has 0 spiro atoms. The van der Waals surface area contributed by atoms with E-state index < -0.39 is 11.5 Å². The van der Waals surface area contributed by atoms with Gasteiger partial charge in [0.1, 0.15) is 5.56 Å². The van der Waals surface area contributed by atoms with Crippen molar-refractivity contribution in [3.05, 3.63) is 33.2 Å². The second-order valence-corrected chi connectivity index (χ2v) is 6.65. The Morgan fingerprint density at radius 2 is 2.09 bits per heavy atom. The molecule has 0 aromatic carbocycles. The van der Waals surface area contributed by atoms with Gasteiger partial charge < -0.3 is 10.1 Å². The molecule has 122 valence electrons. The van der Waals surface area contributed by atoms with Crippen LogP contribution in [0.15, 0.2) is 10.9 Å². The summed E-state index contributed by atoms with van der Waals surface area (Å²) in [6.45, 7) is 6.56. The predicted octanol–water partition coefficient (Wildman–Crippen LogP) is 3.96. The molecule has 0 bridgehead atoms. The number of nitrogens with one attached hydrogen (secondary N) is 1. The molecule has 1 saturated carbocycles. The number of rotatable bonds is 5. The molecular formula is C18H27NO3. The fourth-order valence-electron chi connectivity index (χ4n) is 3.85. The van der Waals surface area contributed by atoms with Crippen molar-refractivity contribution in [3.63, 3.8) is 0 Å². The standard InChI is InChI=1S/C18H27NO3/c1-4-6-13-9-14(8-7-11(13)3)16-12(5-2)10-15(18(21)22)17(20)19-16/h10-11,13-14H,4-9H2,1-3H3,(H,19,20)(H,21,22). The van der Waals surface area contributed by atoms with E-state index in [4.69, 9.17) is 5.11 Å². The zero-order valence-electron chi connectivity index (χ0n) is 13.8. The molecule has 4 nitrogen and oxygen atoms in total. The number of H-pyrrole nitrogens is 1. The quantitative estimate of drug-likeness (QED) is 0.865.